The summed E-state index contributed by atoms with van der Waals surface area (Å²) in [5.41, 5.74) is -0.441. The van der Waals surface area contributed by atoms with Gasteiger partial charge in [0.1, 0.15) is 5.60 Å². The first-order valence-electron chi connectivity index (χ1n) is 8.96. The summed E-state index contributed by atoms with van der Waals surface area (Å²) in [4.78, 5) is 11.8. The van der Waals surface area contributed by atoms with E-state index in [1.54, 1.807) is 0 Å². The molecule has 0 saturated heterocycles. The van der Waals surface area contributed by atoms with Crippen LogP contribution in [-0.2, 0) is 4.74 Å². The van der Waals surface area contributed by atoms with Crippen molar-refractivity contribution in [3.8, 4) is 0 Å². The van der Waals surface area contributed by atoms with E-state index in [2.05, 4.69) is 30.7 Å². The molecule has 0 heterocycles. The predicted octanol–water partition coefficient (Wildman–Crippen LogP) is 4.05. The van der Waals surface area contributed by atoms with Crippen molar-refractivity contribution in [1.29, 1.82) is 0 Å². The van der Waals surface area contributed by atoms with Crippen LogP contribution in [0.4, 0.5) is 4.79 Å². The predicted molar refractivity (Wildman–Crippen MR) is 100 cm³/mol. The molecule has 136 valence electrons. The van der Waals surface area contributed by atoms with E-state index in [9.17, 15) is 4.79 Å². The molecular weight excluding hydrogens is 308 g/mol. The second-order valence-electron chi connectivity index (χ2n) is 7.96. The zero-order valence-corrected chi connectivity index (χ0v) is 16.6. The van der Waals surface area contributed by atoms with Gasteiger partial charge in [-0.3, -0.25) is 0 Å². The van der Waals surface area contributed by atoms with Crippen molar-refractivity contribution in [1.82, 2.24) is 10.6 Å². The Morgan fingerprint density at radius 1 is 1.22 bits per heavy atom. The van der Waals surface area contributed by atoms with Crippen LogP contribution >= 0.6 is 11.8 Å². The molecule has 0 radical (unpaired) electrons. The number of hydrogen-bond acceptors (Lipinski definition) is 4. The van der Waals surface area contributed by atoms with E-state index >= 15 is 0 Å². The van der Waals surface area contributed by atoms with Crippen molar-refractivity contribution in [2.45, 2.75) is 77.2 Å². The van der Waals surface area contributed by atoms with Crippen LogP contribution in [0.3, 0.4) is 0 Å². The monoisotopic (exact) mass is 344 g/mol. The van der Waals surface area contributed by atoms with Gasteiger partial charge in [-0.05, 0) is 51.7 Å². The summed E-state index contributed by atoms with van der Waals surface area (Å²) in [7, 11) is 0. The summed E-state index contributed by atoms with van der Waals surface area (Å²) in [6.45, 7) is 11.7. The van der Waals surface area contributed by atoms with Crippen LogP contribution in [0.5, 0.6) is 0 Å². The minimum atomic E-state index is -0.441. The number of thioether (sulfide) groups is 1. The fraction of sp³-hybridized carbons (Fsp3) is 0.944. The van der Waals surface area contributed by atoms with Crippen molar-refractivity contribution in [3.63, 3.8) is 0 Å². The molecule has 4 nitrogen and oxygen atoms in total. The average molecular weight is 345 g/mol. The molecule has 0 spiro atoms. The van der Waals surface area contributed by atoms with Crippen molar-refractivity contribution >= 4 is 17.9 Å². The standard InChI is InChI=1S/C18H36N2O2S/c1-13(2)14(12-20-17(21)22-18(3,4)5)11-19-15-9-7-8-10-16(15)23-6/h13-16,19H,7-12H2,1-6H3,(H,20,21). The van der Waals surface area contributed by atoms with E-state index in [1.165, 1.54) is 25.7 Å². The summed E-state index contributed by atoms with van der Waals surface area (Å²) < 4.78 is 5.32. The maximum Gasteiger partial charge on any atom is 0.407 e. The van der Waals surface area contributed by atoms with Gasteiger partial charge < -0.3 is 15.4 Å². The van der Waals surface area contributed by atoms with E-state index < -0.39 is 5.60 Å². The Balaban J connectivity index is 2.41. The first-order chi connectivity index (χ1) is 10.7. The Morgan fingerprint density at radius 2 is 1.87 bits per heavy atom. The first kappa shape index (κ1) is 20.6. The smallest absolute Gasteiger partial charge is 0.407 e. The lowest BCUT2D eigenvalue weighted by molar-refractivity contribution is 0.0514. The molecule has 1 amide bonds. The Hall–Kier alpha value is -0.420. The van der Waals surface area contributed by atoms with Crippen LogP contribution in [0.2, 0.25) is 0 Å². The van der Waals surface area contributed by atoms with Crippen LogP contribution in [0.25, 0.3) is 0 Å². The minimum absolute atomic E-state index is 0.317. The van der Waals surface area contributed by atoms with Gasteiger partial charge in [0.15, 0.2) is 0 Å². The Kier molecular flexibility index (Phi) is 8.76. The first-order valence-corrected chi connectivity index (χ1v) is 10.2. The Bertz CT molecular complexity index is 355. The molecule has 0 aliphatic heterocycles. The lowest BCUT2D eigenvalue weighted by Crippen LogP contribution is -2.45. The van der Waals surface area contributed by atoms with Crippen LogP contribution < -0.4 is 10.6 Å². The molecule has 1 saturated carbocycles. The van der Waals surface area contributed by atoms with Gasteiger partial charge in [0.2, 0.25) is 0 Å². The number of amides is 1. The Labute approximate surface area is 146 Å². The van der Waals surface area contributed by atoms with Crippen LogP contribution in [0.15, 0.2) is 0 Å². The topological polar surface area (TPSA) is 50.4 Å². The number of nitrogens with one attached hydrogen (secondary N) is 2. The maximum absolute atomic E-state index is 11.8. The van der Waals surface area contributed by atoms with Crippen molar-refractivity contribution in [3.05, 3.63) is 0 Å². The van der Waals surface area contributed by atoms with Gasteiger partial charge in [0.05, 0.1) is 0 Å². The fourth-order valence-electron chi connectivity index (χ4n) is 2.99. The second kappa shape index (κ2) is 9.77. The highest BCUT2D eigenvalue weighted by molar-refractivity contribution is 7.99. The van der Waals surface area contributed by atoms with Crippen LogP contribution in [-0.4, -0.2) is 42.3 Å². The quantitative estimate of drug-likeness (QED) is 0.731. The van der Waals surface area contributed by atoms with E-state index in [0.29, 0.717) is 24.4 Å². The third kappa shape index (κ3) is 8.30. The number of hydrogen-bond donors (Lipinski definition) is 2. The van der Waals surface area contributed by atoms with E-state index in [4.69, 9.17) is 4.74 Å². The molecule has 0 aromatic carbocycles. The van der Waals surface area contributed by atoms with Gasteiger partial charge in [-0.25, -0.2) is 4.79 Å². The number of carbonyl (C=O) groups excluding carboxylic acids is 1. The van der Waals surface area contributed by atoms with Crippen LogP contribution in [0.1, 0.15) is 60.3 Å². The molecule has 5 heteroatoms. The molecule has 0 aromatic rings. The van der Waals surface area contributed by atoms with Crippen molar-refractivity contribution in [2.24, 2.45) is 11.8 Å². The summed E-state index contributed by atoms with van der Waals surface area (Å²) in [5.74, 6) is 0.945. The molecule has 0 aromatic heterocycles. The number of carbonyl (C=O) groups is 1. The minimum Gasteiger partial charge on any atom is -0.444 e. The summed E-state index contributed by atoms with van der Waals surface area (Å²) in [6, 6.07) is 0.613. The second-order valence-corrected chi connectivity index (χ2v) is 9.04. The number of rotatable bonds is 7. The van der Waals surface area contributed by atoms with E-state index in [0.717, 1.165) is 11.8 Å². The zero-order chi connectivity index (χ0) is 17.5. The van der Waals surface area contributed by atoms with E-state index in [1.807, 2.05) is 32.5 Å². The highest BCUT2D eigenvalue weighted by Gasteiger charge is 2.25. The summed E-state index contributed by atoms with van der Waals surface area (Å²) in [5, 5.41) is 7.42. The van der Waals surface area contributed by atoms with E-state index in [-0.39, 0.29) is 6.09 Å². The summed E-state index contributed by atoms with van der Waals surface area (Å²) >= 11 is 1.99. The van der Waals surface area contributed by atoms with Gasteiger partial charge in [-0.15, -0.1) is 0 Å². The zero-order valence-electron chi connectivity index (χ0n) is 15.8. The lowest BCUT2D eigenvalue weighted by Gasteiger charge is -2.33. The largest absolute Gasteiger partial charge is 0.444 e. The molecule has 3 atom stereocenters. The number of alkyl carbamates (subject to hydrolysis) is 1. The third-order valence-electron chi connectivity index (χ3n) is 4.50. The third-order valence-corrected chi connectivity index (χ3v) is 5.67. The Morgan fingerprint density at radius 3 is 2.43 bits per heavy atom. The van der Waals surface area contributed by atoms with Crippen molar-refractivity contribution < 1.29 is 9.53 Å². The normalized spacial score (nSPS) is 23.6. The molecule has 1 fully saturated rings. The molecular formula is C18H36N2O2S. The molecule has 1 aliphatic carbocycles. The van der Waals surface area contributed by atoms with Gasteiger partial charge in [-0.2, -0.15) is 11.8 Å². The van der Waals surface area contributed by atoms with Gasteiger partial charge in [-0.1, -0.05) is 26.7 Å². The van der Waals surface area contributed by atoms with Crippen LogP contribution in [0, 0.1) is 11.8 Å². The number of ether oxygens (including phenoxy) is 1. The molecule has 2 N–H and O–H groups in total. The van der Waals surface area contributed by atoms with Gasteiger partial charge in [0, 0.05) is 24.4 Å². The summed E-state index contributed by atoms with van der Waals surface area (Å²) in [6.07, 6.45) is 7.18. The van der Waals surface area contributed by atoms with Crippen molar-refractivity contribution in [2.75, 3.05) is 19.3 Å². The SMILES string of the molecule is CSC1CCCCC1NCC(CNC(=O)OC(C)(C)C)C(C)C. The molecule has 0 bridgehead atoms. The molecule has 1 rings (SSSR count). The van der Waals surface area contributed by atoms with Gasteiger partial charge in [0.25, 0.3) is 0 Å². The highest BCUT2D eigenvalue weighted by Crippen LogP contribution is 2.27. The molecule has 23 heavy (non-hydrogen) atoms. The fourth-order valence-corrected chi connectivity index (χ4v) is 3.95. The van der Waals surface area contributed by atoms with Gasteiger partial charge >= 0.3 is 6.09 Å². The average Bonchev–Trinajstić information content (AvgIpc) is 2.45. The highest BCUT2D eigenvalue weighted by atomic mass is 32.2. The molecule has 3 unspecified atom stereocenters. The maximum atomic E-state index is 11.8. The molecule has 1 aliphatic rings. The lowest BCUT2D eigenvalue weighted by atomic mass is 9.92.